The summed E-state index contributed by atoms with van der Waals surface area (Å²) < 4.78 is 0. The SMILES string of the molecule is [C-]#[N+]c1cccc(N2CCC(c3nc[nH]c3C)CC2)n1. The van der Waals surface area contributed by atoms with Crippen LogP contribution in [-0.4, -0.2) is 28.0 Å². The smallest absolute Gasteiger partial charge is 0.271 e. The zero-order valence-corrected chi connectivity index (χ0v) is 11.5. The molecule has 102 valence electrons. The van der Waals surface area contributed by atoms with Crippen molar-refractivity contribution in [1.82, 2.24) is 15.0 Å². The van der Waals surface area contributed by atoms with Gasteiger partial charge in [0.25, 0.3) is 5.82 Å². The van der Waals surface area contributed by atoms with Crippen LogP contribution in [0.25, 0.3) is 4.85 Å². The summed E-state index contributed by atoms with van der Waals surface area (Å²) in [5, 5.41) is 0. The molecule has 5 heteroatoms. The van der Waals surface area contributed by atoms with Crippen molar-refractivity contribution in [1.29, 1.82) is 0 Å². The normalized spacial score (nSPS) is 16.1. The number of aryl methyl sites for hydroxylation is 1. The second-order valence-corrected chi connectivity index (χ2v) is 5.14. The van der Waals surface area contributed by atoms with Crippen molar-refractivity contribution in [2.24, 2.45) is 0 Å². The molecule has 1 saturated heterocycles. The van der Waals surface area contributed by atoms with E-state index in [1.54, 1.807) is 12.4 Å². The van der Waals surface area contributed by atoms with Gasteiger partial charge in [-0.15, -0.1) is 4.98 Å². The van der Waals surface area contributed by atoms with E-state index in [0.717, 1.165) is 31.7 Å². The third-order valence-electron chi connectivity index (χ3n) is 3.91. The summed E-state index contributed by atoms with van der Waals surface area (Å²) in [5.41, 5.74) is 2.38. The highest BCUT2D eigenvalue weighted by atomic mass is 15.2. The highest BCUT2D eigenvalue weighted by molar-refractivity contribution is 5.48. The van der Waals surface area contributed by atoms with Gasteiger partial charge in [-0.05, 0) is 25.8 Å². The predicted octanol–water partition coefficient (Wildman–Crippen LogP) is 3.05. The molecule has 2 aromatic rings. The van der Waals surface area contributed by atoms with Gasteiger partial charge in [-0.1, -0.05) is 12.6 Å². The lowest BCUT2D eigenvalue weighted by Gasteiger charge is -2.30. The maximum absolute atomic E-state index is 7.04. The molecule has 0 amide bonds. The van der Waals surface area contributed by atoms with Crippen LogP contribution in [0.2, 0.25) is 0 Å². The number of imidazole rings is 1. The summed E-state index contributed by atoms with van der Waals surface area (Å²) in [6, 6.07) is 5.63. The maximum atomic E-state index is 7.04. The van der Waals surface area contributed by atoms with E-state index in [2.05, 4.69) is 31.6 Å². The molecule has 0 bridgehead atoms. The van der Waals surface area contributed by atoms with Gasteiger partial charge in [-0.3, -0.25) is 0 Å². The summed E-state index contributed by atoms with van der Waals surface area (Å²) in [4.78, 5) is 17.6. The molecular weight excluding hydrogens is 250 g/mol. The predicted molar refractivity (Wildman–Crippen MR) is 78.0 cm³/mol. The second kappa shape index (κ2) is 5.33. The van der Waals surface area contributed by atoms with Crippen LogP contribution in [0.4, 0.5) is 11.6 Å². The van der Waals surface area contributed by atoms with Gasteiger partial charge in [0.15, 0.2) is 0 Å². The van der Waals surface area contributed by atoms with E-state index >= 15 is 0 Å². The number of nitrogens with one attached hydrogen (secondary N) is 1. The quantitative estimate of drug-likeness (QED) is 0.851. The Balaban J connectivity index is 1.69. The van der Waals surface area contributed by atoms with Gasteiger partial charge in [-0.2, -0.15) is 0 Å². The van der Waals surface area contributed by atoms with Crippen molar-refractivity contribution < 1.29 is 0 Å². The summed E-state index contributed by atoms with van der Waals surface area (Å²) in [6.07, 6.45) is 3.93. The lowest BCUT2D eigenvalue weighted by Crippen LogP contribution is -2.33. The van der Waals surface area contributed by atoms with Gasteiger partial charge in [0.2, 0.25) is 5.82 Å². The Morgan fingerprint density at radius 3 is 2.80 bits per heavy atom. The van der Waals surface area contributed by atoms with E-state index in [9.17, 15) is 0 Å². The minimum absolute atomic E-state index is 0.466. The summed E-state index contributed by atoms with van der Waals surface area (Å²) in [7, 11) is 0. The average Bonchev–Trinajstić information content (AvgIpc) is 2.94. The first-order valence-electron chi connectivity index (χ1n) is 6.87. The summed E-state index contributed by atoms with van der Waals surface area (Å²) in [5.74, 6) is 1.91. The fraction of sp³-hybridized carbons (Fsp3) is 0.400. The fourth-order valence-electron chi connectivity index (χ4n) is 2.81. The van der Waals surface area contributed by atoms with Crippen LogP contribution in [-0.2, 0) is 0 Å². The van der Waals surface area contributed by atoms with Crippen molar-refractivity contribution in [3.63, 3.8) is 0 Å². The van der Waals surface area contributed by atoms with Crippen molar-refractivity contribution >= 4 is 11.6 Å². The highest BCUT2D eigenvalue weighted by Gasteiger charge is 2.25. The molecule has 2 aromatic heterocycles. The lowest BCUT2D eigenvalue weighted by molar-refractivity contribution is 0.493. The first-order valence-corrected chi connectivity index (χ1v) is 6.87. The minimum Gasteiger partial charge on any atom is -0.361 e. The molecule has 0 aromatic carbocycles. The summed E-state index contributed by atoms with van der Waals surface area (Å²) >= 11 is 0. The van der Waals surface area contributed by atoms with Crippen molar-refractivity contribution in [2.45, 2.75) is 25.7 Å². The van der Waals surface area contributed by atoms with Crippen LogP contribution in [0.5, 0.6) is 0 Å². The molecule has 3 heterocycles. The first kappa shape index (κ1) is 12.7. The number of hydrogen-bond acceptors (Lipinski definition) is 3. The molecule has 1 aliphatic rings. The number of pyridine rings is 1. The first-order chi connectivity index (χ1) is 9.78. The van der Waals surface area contributed by atoms with Gasteiger partial charge < -0.3 is 14.7 Å². The average molecular weight is 267 g/mol. The molecule has 1 N–H and O–H groups in total. The third-order valence-corrected chi connectivity index (χ3v) is 3.91. The van der Waals surface area contributed by atoms with Crippen LogP contribution in [0.1, 0.15) is 30.1 Å². The number of anilines is 1. The Morgan fingerprint density at radius 1 is 1.35 bits per heavy atom. The lowest BCUT2D eigenvalue weighted by atomic mass is 9.92. The molecule has 1 fully saturated rings. The third kappa shape index (κ3) is 2.37. The molecule has 0 aliphatic carbocycles. The standard InChI is InChI=1S/C15H17N5/c1-11-15(18-10-17-11)12-6-8-20(9-7-12)14-5-3-4-13(16-2)19-14/h3-5,10,12H,6-9H2,1H3,(H,17,18). The van der Waals surface area contributed by atoms with E-state index < -0.39 is 0 Å². The number of hydrogen-bond donors (Lipinski definition) is 1. The van der Waals surface area contributed by atoms with Crippen LogP contribution >= 0.6 is 0 Å². The van der Waals surface area contributed by atoms with Gasteiger partial charge in [0.1, 0.15) is 0 Å². The van der Waals surface area contributed by atoms with Gasteiger partial charge in [0, 0.05) is 30.8 Å². The van der Waals surface area contributed by atoms with Crippen LogP contribution < -0.4 is 4.90 Å². The number of aromatic amines is 1. The minimum atomic E-state index is 0.466. The molecular formula is C15H17N5. The molecule has 5 nitrogen and oxygen atoms in total. The number of rotatable bonds is 2. The van der Waals surface area contributed by atoms with E-state index in [-0.39, 0.29) is 0 Å². The van der Waals surface area contributed by atoms with E-state index in [1.165, 1.54) is 11.4 Å². The molecule has 0 unspecified atom stereocenters. The Morgan fingerprint density at radius 2 is 2.15 bits per heavy atom. The molecule has 1 aliphatic heterocycles. The van der Waals surface area contributed by atoms with Gasteiger partial charge >= 0.3 is 0 Å². The van der Waals surface area contributed by atoms with Crippen molar-refractivity contribution in [3.05, 3.63) is 47.3 Å². The zero-order chi connectivity index (χ0) is 13.9. The Kier molecular flexibility index (Phi) is 3.38. The number of aromatic nitrogens is 3. The number of nitrogens with zero attached hydrogens (tertiary/aromatic N) is 4. The zero-order valence-electron chi connectivity index (χ0n) is 11.5. The van der Waals surface area contributed by atoms with Crippen molar-refractivity contribution in [2.75, 3.05) is 18.0 Å². The Hall–Kier alpha value is -2.35. The van der Waals surface area contributed by atoms with Crippen molar-refractivity contribution in [3.8, 4) is 0 Å². The molecule has 0 atom stereocenters. The molecule has 3 rings (SSSR count). The van der Waals surface area contributed by atoms with Gasteiger partial charge in [0.05, 0.1) is 12.0 Å². The Bertz CT molecular complexity index is 632. The van der Waals surface area contributed by atoms with Crippen LogP contribution in [0, 0.1) is 13.5 Å². The molecule has 0 saturated carbocycles. The van der Waals surface area contributed by atoms with E-state index in [4.69, 9.17) is 6.57 Å². The number of piperidine rings is 1. The maximum Gasteiger partial charge on any atom is 0.271 e. The highest BCUT2D eigenvalue weighted by Crippen LogP contribution is 2.30. The largest absolute Gasteiger partial charge is 0.361 e. The fourth-order valence-corrected chi connectivity index (χ4v) is 2.81. The summed E-state index contributed by atoms with van der Waals surface area (Å²) in [6.45, 7) is 11.0. The van der Waals surface area contributed by atoms with E-state index in [1.807, 2.05) is 12.1 Å². The van der Waals surface area contributed by atoms with Crippen LogP contribution in [0.3, 0.4) is 0 Å². The van der Waals surface area contributed by atoms with Crippen LogP contribution in [0.15, 0.2) is 24.5 Å². The molecule has 20 heavy (non-hydrogen) atoms. The number of H-pyrrole nitrogens is 1. The topological polar surface area (TPSA) is 49.2 Å². The molecule has 0 radical (unpaired) electrons. The Labute approximate surface area is 118 Å². The van der Waals surface area contributed by atoms with Gasteiger partial charge in [-0.25, -0.2) is 4.98 Å². The monoisotopic (exact) mass is 267 g/mol. The molecule has 0 spiro atoms. The second-order valence-electron chi connectivity index (χ2n) is 5.14. The van der Waals surface area contributed by atoms with E-state index in [0.29, 0.717) is 11.7 Å².